The van der Waals surface area contributed by atoms with Gasteiger partial charge in [-0.05, 0) is 19.1 Å². The molecule has 2 aromatic heterocycles. The van der Waals surface area contributed by atoms with Crippen molar-refractivity contribution in [2.45, 2.75) is 13.0 Å². The van der Waals surface area contributed by atoms with Crippen molar-refractivity contribution in [1.29, 1.82) is 0 Å². The quantitative estimate of drug-likeness (QED) is 0.809. The fraction of sp³-hybridized carbons (Fsp3) is 0.222. The molecule has 0 aliphatic rings. The Morgan fingerprint density at radius 3 is 2.80 bits per heavy atom. The van der Waals surface area contributed by atoms with Gasteiger partial charge in [0, 0.05) is 6.20 Å². The fourth-order valence-electron chi connectivity index (χ4n) is 1.10. The van der Waals surface area contributed by atoms with Crippen LogP contribution in [0.15, 0.2) is 18.3 Å². The Balaban J connectivity index is 2.33. The van der Waals surface area contributed by atoms with E-state index >= 15 is 0 Å². The molecule has 2 heterocycles. The second kappa shape index (κ2) is 3.96. The summed E-state index contributed by atoms with van der Waals surface area (Å²) in [6, 6.07) is 3.33. The van der Waals surface area contributed by atoms with Gasteiger partial charge in [0.15, 0.2) is 5.82 Å². The molecule has 78 valence electrons. The van der Waals surface area contributed by atoms with Crippen LogP contribution in [0.25, 0.3) is 11.5 Å². The van der Waals surface area contributed by atoms with Gasteiger partial charge < -0.3 is 5.73 Å². The van der Waals surface area contributed by atoms with Crippen molar-refractivity contribution < 1.29 is 0 Å². The Bertz CT molecular complexity index is 448. The van der Waals surface area contributed by atoms with Crippen LogP contribution in [0.5, 0.6) is 0 Å². The van der Waals surface area contributed by atoms with Crippen molar-refractivity contribution in [2.75, 3.05) is 0 Å². The third-order valence-electron chi connectivity index (χ3n) is 1.89. The molecule has 0 spiro atoms. The largest absolute Gasteiger partial charge is 0.322 e. The van der Waals surface area contributed by atoms with Gasteiger partial charge in [0.2, 0.25) is 0 Å². The van der Waals surface area contributed by atoms with E-state index in [1.807, 2.05) is 6.92 Å². The van der Waals surface area contributed by atoms with E-state index < -0.39 is 0 Å². The monoisotopic (exact) mass is 223 g/mol. The van der Waals surface area contributed by atoms with Crippen LogP contribution in [-0.2, 0) is 0 Å². The predicted molar refractivity (Wildman–Crippen MR) is 57.2 cm³/mol. The predicted octanol–water partition coefficient (Wildman–Crippen LogP) is 1.54. The van der Waals surface area contributed by atoms with Crippen LogP contribution in [-0.4, -0.2) is 20.2 Å². The van der Waals surface area contributed by atoms with Gasteiger partial charge in [-0.15, -0.1) is 0 Å². The van der Waals surface area contributed by atoms with E-state index in [0.29, 0.717) is 22.4 Å². The van der Waals surface area contributed by atoms with Gasteiger partial charge in [-0.25, -0.2) is 4.98 Å². The van der Waals surface area contributed by atoms with Crippen molar-refractivity contribution in [3.05, 3.63) is 29.2 Å². The van der Waals surface area contributed by atoms with Crippen LogP contribution in [0.4, 0.5) is 0 Å². The van der Waals surface area contributed by atoms with Gasteiger partial charge in [-0.3, -0.25) is 10.1 Å². The topological polar surface area (TPSA) is 80.5 Å². The number of nitrogens with one attached hydrogen (secondary N) is 1. The summed E-state index contributed by atoms with van der Waals surface area (Å²) in [5.74, 6) is 1.17. The summed E-state index contributed by atoms with van der Waals surface area (Å²) >= 11 is 5.72. The summed E-state index contributed by atoms with van der Waals surface area (Å²) in [6.07, 6.45) is 1.55. The molecule has 2 rings (SSSR count). The van der Waals surface area contributed by atoms with E-state index in [2.05, 4.69) is 20.2 Å². The van der Waals surface area contributed by atoms with E-state index in [1.165, 1.54) is 0 Å². The maximum absolute atomic E-state index is 5.72. The fourth-order valence-corrected chi connectivity index (χ4v) is 1.21. The molecule has 1 atom stereocenters. The number of pyridine rings is 1. The van der Waals surface area contributed by atoms with Crippen molar-refractivity contribution in [3.8, 4) is 11.5 Å². The third-order valence-corrected chi connectivity index (χ3v) is 2.11. The van der Waals surface area contributed by atoms with Crippen molar-refractivity contribution in [2.24, 2.45) is 5.73 Å². The van der Waals surface area contributed by atoms with E-state index in [4.69, 9.17) is 17.3 Å². The lowest BCUT2D eigenvalue weighted by Gasteiger charge is -1.96. The number of aromatic amines is 1. The second-order valence-electron chi connectivity index (χ2n) is 3.19. The summed E-state index contributed by atoms with van der Waals surface area (Å²) < 4.78 is 0. The van der Waals surface area contributed by atoms with Gasteiger partial charge in [0.25, 0.3) is 0 Å². The molecular formula is C9H10ClN5. The Morgan fingerprint density at radius 1 is 1.47 bits per heavy atom. The molecule has 3 N–H and O–H groups in total. The molecule has 0 aliphatic carbocycles. The highest BCUT2D eigenvalue weighted by Gasteiger charge is 2.09. The first-order valence-electron chi connectivity index (χ1n) is 4.46. The normalized spacial score (nSPS) is 12.7. The molecule has 15 heavy (non-hydrogen) atoms. The second-order valence-corrected chi connectivity index (χ2v) is 3.63. The summed E-state index contributed by atoms with van der Waals surface area (Å²) in [6.45, 7) is 1.83. The first-order valence-corrected chi connectivity index (χ1v) is 4.84. The van der Waals surface area contributed by atoms with Gasteiger partial charge in [0.05, 0.1) is 11.1 Å². The molecule has 5 nitrogen and oxygen atoms in total. The molecule has 0 saturated carbocycles. The van der Waals surface area contributed by atoms with Crippen LogP contribution in [0.1, 0.15) is 18.8 Å². The van der Waals surface area contributed by atoms with Crippen LogP contribution in [0, 0.1) is 0 Å². The van der Waals surface area contributed by atoms with Crippen molar-refractivity contribution in [3.63, 3.8) is 0 Å². The number of nitrogens with zero attached hydrogens (tertiary/aromatic N) is 3. The minimum Gasteiger partial charge on any atom is -0.322 e. The van der Waals surface area contributed by atoms with Crippen LogP contribution < -0.4 is 5.73 Å². The van der Waals surface area contributed by atoms with E-state index in [0.717, 1.165) is 0 Å². The maximum Gasteiger partial charge on any atom is 0.199 e. The van der Waals surface area contributed by atoms with Crippen molar-refractivity contribution >= 4 is 11.6 Å². The number of aromatic nitrogens is 4. The number of nitrogens with two attached hydrogens (primary N) is 1. The summed E-state index contributed by atoms with van der Waals surface area (Å²) in [4.78, 5) is 8.32. The average molecular weight is 224 g/mol. The Labute approximate surface area is 91.7 Å². The number of hydrogen-bond acceptors (Lipinski definition) is 4. The molecular weight excluding hydrogens is 214 g/mol. The number of halogens is 1. The smallest absolute Gasteiger partial charge is 0.199 e. The highest BCUT2D eigenvalue weighted by molar-refractivity contribution is 6.30. The minimum absolute atomic E-state index is 0.168. The molecule has 2 aromatic rings. The maximum atomic E-state index is 5.72. The lowest BCUT2D eigenvalue weighted by molar-refractivity contribution is 0.745. The van der Waals surface area contributed by atoms with E-state index in [1.54, 1.807) is 18.3 Å². The molecule has 0 radical (unpaired) electrons. The molecule has 0 fully saturated rings. The van der Waals surface area contributed by atoms with E-state index in [-0.39, 0.29) is 6.04 Å². The highest BCUT2D eigenvalue weighted by atomic mass is 35.5. The van der Waals surface area contributed by atoms with Gasteiger partial charge >= 0.3 is 0 Å². The average Bonchev–Trinajstić information content (AvgIpc) is 2.68. The summed E-state index contributed by atoms with van der Waals surface area (Å²) in [5.41, 5.74) is 6.32. The lowest BCUT2D eigenvalue weighted by atomic mass is 10.3. The molecule has 0 saturated heterocycles. The van der Waals surface area contributed by atoms with Crippen LogP contribution in [0.3, 0.4) is 0 Å². The highest BCUT2D eigenvalue weighted by Crippen LogP contribution is 2.15. The Hall–Kier alpha value is -1.46. The first-order chi connectivity index (χ1) is 7.16. The number of H-pyrrole nitrogens is 1. The Kier molecular flexibility index (Phi) is 2.66. The summed E-state index contributed by atoms with van der Waals surface area (Å²) in [7, 11) is 0. The molecule has 1 unspecified atom stereocenters. The number of rotatable bonds is 2. The molecule has 0 aliphatic heterocycles. The van der Waals surface area contributed by atoms with Crippen molar-refractivity contribution in [1.82, 2.24) is 20.2 Å². The standard InChI is InChI=1S/C9H10ClN5/c1-5(11)8-13-9(15-14-8)7-3-2-6(10)4-12-7/h2-5H,11H2,1H3,(H,13,14,15). The molecule has 0 bridgehead atoms. The van der Waals surface area contributed by atoms with Crippen LogP contribution >= 0.6 is 11.6 Å². The van der Waals surface area contributed by atoms with E-state index in [9.17, 15) is 0 Å². The zero-order valence-electron chi connectivity index (χ0n) is 8.11. The summed E-state index contributed by atoms with van der Waals surface area (Å²) in [5, 5.41) is 7.36. The lowest BCUT2D eigenvalue weighted by Crippen LogP contribution is -2.06. The zero-order valence-corrected chi connectivity index (χ0v) is 8.86. The molecule has 0 aromatic carbocycles. The van der Waals surface area contributed by atoms with Gasteiger partial charge in [-0.2, -0.15) is 5.10 Å². The number of hydrogen-bond donors (Lipinski definition) is 2. The van der Waals surface area contributed by atoms with Gasteiger partial charge in [-0.1, -0.05) is 11.6 Å². The SMILES string of the molecule is CC(N)c1nc(-c2ccc(Cl)cn2)n[nH]1. The first kappa shape index (κ1) is 10.1. The van der Waals surface area contributed by atoms with Crippen LogP contribution in [0.2, 0.25) is 5.02 Å². The molecule has 0 amide bonds. The Morgan fingerprint density at radius 2 is 2.27 bits per heavy atom. The van der Waals surface area contributed by atoms with Gasteiger partial charge in [0.1, 0.15) is 11.5 Å². The molecule has 6 heteroatoms. The zero-order chi connectivity index (χ0) is 10.8. The minimum atomic E-state index is -0.168. The third kappa shape index (κ3) is 2.14.